The van der Waals surface area contributed by atoms with Gasteiger partial charge in [-0.25, -0.2) is 0 Å². The van der Waals surface area contributed by atoms with Gasteiger partial charge in [-0.1, -0.05) is 6.42 Å². The van der Waals surface area contributed by atoms with Crippen LogP contribution >= 0.6 is 0 Å². The van der Waals surface area contributed by atoms with Crippen molar-refractivity contribution >= 4 is 5.69 Å². The van der Waals surface area contributed by atoms with E-state index in [4.69, 9.17) is 5.73 Å². The molecule has 4 nitrogen and oxygen atoms in total. The molecule has 0 saturated heterocycles. The van der Waals surface area contributed by atoms with Crippen LogP contribution in [0.4, 0.5) is 5.69 Å². The summed E-state index contributed by atoms with van der Waals surface area (Å²) in [5.74, 6) is 0. The van der Waals surface area contributed by atoms with Gasteiger partial charge in [0, 0.05) is 18.8 Å². The lowest BCUT2D eigenvalue weighted by Gasteiger charge is -2.34. The molecular weight excluding hydrogens is 176 g/mol. The lowest BCUT2D eigenvalue weighted by molar-refractivity contribution is 0.153. The summed E-state index contributed by atoms with van der Waals surface area (Å²) in [6.45, 7) is 2.00. The summed E-state index contributed by atoms with van der Waals surface area (Å²) in [7, 11) is 2.19. The summed E-state index contributed by atoms with van der Waals surface area (Å²) in [5, 5.41) is 4.16. The summed E-state index contributed by atoms with van der Waals surface area (Å²) < 4.78 is 1.91. The fourth-order valence-electron chi connectivity index (χ4n) is 1.77. The Labute approximate surface area is 84.7 Å². The van der Waals surface area contributed by atoms with Gasteiger partial charge in [-0.2, -0.15) is 5.10 Å². The fourth-order valence-corrected chi connectivity index (χ4v) is 1.77. The molecule has 0 amide bonds. The van der Waals surface area contributed by atoms with E-state index in [9.17, 15) is 0 Å². The maximum Gasteiger partial charge on any atom is 0.0719 e. The Kier molecular flexibility index (Phi) is 2.72. The lowest BCUT2D eigenvalue weighted by Crippen LogP contribution is -2.38. The van der Waals surface area contributed by atoms with E-state index in [1.807, 2.05) is 10.9 Å². The molecule has 0 radical (unpaired) electrons. The van der Waals surface area contributed by atoms with Crippen LogP contribution in [0.3, 0.4) is 0 Å². The molecule has 0 unspecified atom stereocenters. The fraction of sp³-hybridized carbons (Fsp3) is 0.700. The molecule has 0 aromatic carbocycles. The molecule has 2 rings (SSSR count). The van der Waals surface area contributed by atoms with Crippen molar-refractivity contribution in [2.45, 2.75) is 31.8 Å². The first-order valence-corrected chi connectivity index (χ1v) is 5.24. The van der Waals surface area contributed by atoms with E-state index in [2.05, 4.69) is 17.0 Å². The van der Waals surface area contributed by atoms with Gasteiger partial charge in [0.05, 0.1) is 18.4 Å². The molecule has 0 bridgehead atoms. The van der Waals surface area contributed by atoms with Crippen LogP contribution in [0.25, 0.3) is 0 Å². The third-order valence-electron chi connectivity index (χ3n) is 3.03. The van der Waals surface area contributed by atoms with E-state index in [0.29, 0.717) is 0 Å². The molecule has 0 atom stereocenters. The first kappa shape index (κ1) is 9.52. The largest absolute Gasteiger partial charge is 0.396 e. The van der Waals surface area contributed by atoms with Gasteiger partial charge in [-0.3, -0.25) is 4.68 Å². The molecule has 1 aliphatic carbocycles. The minimum Gasteiger partial charge on any atom is -0.396 e. The number of aromatic nitrogens is 2. The molecule has 0 aliphatic heterocycles. The molecule has 1 aromatic rings. The molecule has 14 heavy (non-hydrogen) atoms. The number of nitrogens with zero attached hydrogens (tertiary/aromatic N) is 3. The van der Waals surface area contributed by atoms with Gasteiger partial charge in [-0.05, 0) is 19.9 Å². The first-order valence-electron chi connectivity index (χ1n) is 5.24. The van der Waals surface area contributed by atoms with E-state index in [1.54, 1.807) is 6.20 Å². The number of nitrogens with two attached hydrogens (primary N) is 1. The van der Waals surface area contributed by atoms with Gasteiger partial charge in [0.2, 0.25) is 0 Å². The van der Waals surface area contributed by atoms with Gasteiger partial charge in [0.1, 0.15) is 0 Å². The van der Waals surface area contributed by atoms with Crippen molar-refractivity contribution in [1.29, 1.82) is 0 Å². The van der Waals surface area contributed by atoms with E-state index in [-0.39, 0.29) is 0 Å². The molecule has 2 N–H and O–H groups in total. The number of hydrogen-bond donors (Lipinski definition) is 1. The smallest absolute Gasteiger partial charge is 0.0719 e. The Bertz CT molecular complexity index is 290. The third-order valence-corrected chi connectivity index (χ3v) is 3.03. The second-order valence-electron chi connectivity index (χ2n) is 4.10. The van der Waals surface area contributed by atoms with Crippen LogP contribution < -0.4 is 5.73 Å². The maximum atomic E-state index is 5.59. The second-order valence-corrected chi connectivity index (χ2v) is 4.10. The standard InChI is InChI=1S/C10H18N4/c1-13(10-3-2-4-10)5-6-14-8-9(11)7-12-14/h7-8,10H,2-6,11H2,1H3. The van der Waals surface area contributed by atoms with E-state index < -0.39 is 0 Å². The Balaban J connectivity index is 1.76. The Hall–Kier alpha value is -1.03. The number of rotatable bonds is 4. The summed E-state index contributed by atoms with van der Waals surface area (Å²) in [5.41, 5.74) is 6.33. The highest BCUT2D eigenvalue weighted by Gasteiger charge is 2.21. The zero-order chi connectivity index (χ0) is 9.97. The molecule has 1 aliphatic rings. The number of anilines is 1. The molecule has 1 aromatic heterocycles. The topological polar surface area (TPSA) is 47.1 Å². The Morgan fingerprint density at radius 2 is 2.43 bits per heavy atom. The Morgan fingerprint density at radius 3 is 2.93 bits per heavy atom. The van der Waals surface area contributed by atoms with Gasteiger partial charge >= 0.3 is 0 Å². The number of hydrogen-bond acceptors (Lipinski definition) is 3. The van der Waals surface area contributed by atoms with Crippen molar-refractivity contribution in [3.63, 3.8) is 0 Å². The van der Waals surface area contributed by atoms with Gasteiger partial charge in [0.25, 0.3) is 0 Å². The van der Waals surface area contributed by atoms with Crippen LogP contribution in [0, 0.1) is 0 Å². The number of nitrogen functional groups attached to an aromatic ring is 1. The van der Waals surface area contributed by atoms with Crippen molar-refractivity contribution < 1.29 is 0 Å². The zero-order valence-electron chi connectivity index (χ0n) is 8.69. The van der Waals surface area contributed by atoms with Crippen LogP contribution in [0.1, 0.15) is 19.3 Å². The maximum absolute atomic E-state index is 5.59. The highest BCUT2D eigenvalue weighted by atomic mass is 15.3. The zero-order valence-corrected chi connectivity index (χ0v) is 8.69. The van der Waals surface area contributed by atoms with E-state index in [0.717, 1.165) is 24.8 Å². The van der Waals surface area contributed by atoms with Crippen molar-refractivity contribution in [3.05, 3.63) is 12.4 Å². The van der Waals surface area contributed by atoms with Crippen LogP contribution in [0.5, 0.6) is 0 Å². The van der Waals surface area contributed by atoms with E-state index >= 15 is 0 Å². The minimum absolute atomic E-state index is 0.747. The predicted molar refractivity (Wildman–Crippen MR) is 56.9 cm³/mol. The molecule has 0 spiro atoms. The van der Waals surface area contributed by atoms with Crippen molar-refractivity contribution in [2.75, 3.05) is 19.3 Å². The van der Waals surface area contributed by atoms with Crippen molar-refractivity contribution in [1.82, 2.24) is 14.7 Å². The average molecular weight is 194 g/mol. The summed E-state index contributed by atoms with van der Waals surface area (Å²) in [4.78, 5) is 2.42. The molecular formula is C10H18N4. The predicted octanol–water partition coefficient (Wildman–Crippen LogP) is 0.950. The van der Waals surface area contributed by atoms with Crippen LogP contribution in [-0.2, 0) is 6.54 Å². The van der Waals surface area contributed by atoms with E-state index in [1.165, 1.54) is 19.3 Å². The first-order chi connectivity index (χ1) is 6.75. The highest BCUT2D eigenvalue weighted by molar-refractivity contribution is 5.30. The van der Waals surface area contributed by atoms with Gasteiger partial charge in [-0.15, -0.1) is 0 Å². The lowest BCUT2D eigenvalue weighted by atomic mass is 9.92. The van der Waals surface area contributed by atoms with Crippen LogP contribution in [0.15, 0.2) is 12.4 Å². The summed E-state index contributed by atoms with van der Waals surface area (Å²) >= 11 is 0. The quantitative estimate of drug-likeness (QED) is 0.776. The SMILES string of the molecule is CN(CCn1cc(N)cn1)C1CCC1. The van der Waals surface area contributed by atoms with Crippen molar-refractivity contribution in [3.8, 4) is 0 Å². The molecule has 78 valence electrons. The minimum atomic E-state index is 0.747. The number of likely N-dealkylation sites (N-methyl/N-ethyl adjacent to an activating group) is 1. The molecule has 1 saturated carbocycles. The van der Waals surface area contributed by atoms with Crippen LogP contribution in [0.2, 0.25) is 0 Å². The van der Waals surface area contributed by atoms with Gasteiger partial charge < -0.3 is 10.6 Å². The molecule has 1 heterocycles. The third kappa shape index (κ3) is 2.07. The normalized spacial score (nSPS) is 17.3. The highest BCUT2D eigenvalue weighted by Crippen LogP contribution is 2.23. The van der Waals surface area contributed by atoms with Crippen molar-refractivity contribution in [2.24, 2.45) is 0 Å². The molecule has 4 heteroatoms. The summed E-state index contributed by atoms with van der Waals surface area (Å²) in [6, 6.07) is 0.808. The average Bonchev–Trinajstić information content (AvgIpc) is 2.45. The van der Waals surface area contributed by atoms with Gasteiger partial charge in [0.15, 0.2) is 0 Å². The van der Waals surface area contributed by atoms with Crippen LogP contribution in [-0.4, -0.2) is 34.3 Å². The summed E-state index contributed by atoms with van der Waals surface area (Å²) in [6.07, 6.45) is 7.69. The molecule has 1 fully saturated rings. The second kappa shape index (κ2) is 4.00. The monoisotopic (exact) mass is 194 g/mol. The Morgan fingerprint density at radius 1 is 1.64 bits per heavy atom.